The van der Waals surface area contributed by atoms with E-state index in [2.05, 4.69) is 212 Å². The molecule has 0 fully saturated rings. The predicted octanol–water partition coefficient (Wildman–Crippen LogP) is 14.5. The molecule has 10 aromatic rings. The molecule has 0 unspecified atom stereocenters. The number of hydrogen-bond donors (Lipinski definition) is 0. The summed E-state index contributed by atoms with van der Waals surface area (Å²) in [7, 11) is 0. The lowest BCUT2D eigenvalue weighted by atomic mass is 9.67. The normalized spacial score (nSPS) is 12.9. The van der Waals surface area contributed by atoms with Crippen molar-refractivity contribution >= 4 is 49.8 Å². The highest BCUT2D eigenvalue weighted by atomic mass is 16.3. The molecule has 0 saturated carbocycles. The van der Waals surface area contributed by atoms with E-state index in [0.29, 0.717) is 0 Å². The molecule has 0 bridgehead atoms. The van der Waals surface area contributed by atoms with Crippen molar-refractivity contribution in [2.45, 2.75) is 12.3 Å². The summed E-state index contributed by atoms with van der Waals surface area (Å²) in [6, 6.07) is 75.2. The second-order valence-corrected chi connectivity index (χ2v) is 14.9. The van der Waals surface area contributed by atoms with Crippen LogP contribution >= 0.6 is 0 Å². The largest absolute Gasteiger partial charge is 0.456 e. The minimum Gasteiger partial charge on any atom is -0.456 e. The molecule has 0 amide bonds. The summed E-state index contributed by atoms with van der Waals surface area (Å²) in [4.78, 5) is 2.48. The van der Waals surface area contributed by atoms with Crippen LogP contribution in [0.25, 0.3) is 55.0 Å². The van der Waals surface area contributed by atoms with E-state index in [1.165, 1.54) is 49.7 Å². The van der Waals surface area contributed by atoms with Crippen molar-refractivity contribution in [2.24, 2.45) is 0 Å². The highest BCUT2D eigenvalue weighted by Gasteiger charge is 2.47. The smallest absolute Gasteiger partial charge is 0.137 e. The van der Waals surface area contributed by atoms with Crippen molar-refractivity contribution in [3.63, 3.8) is 0 Å². The zero-order valence-corrected chi connectivity index (χ0v) is 31.0. The molecule has 1 heterocycles. The first-order valence-electron chi connectivity index (χ1n) is 19.3. The van der Waals surface area contributed by atoms with Crippen LogP contribution < -0.4 is 4.90 Å². The van der Waals surface area contributed by atoms with Gasteiger partial charge in [-0.1, -0.05) is 164 Å². The molecule has 2 heteroatoms. The summed E-state index contributed by atoms with van der Waals surface area (Å²) in [5, 5.41) is 4.57. The molecule has 56 heavy (non-hydrogen) atoms. The number of hydrogen-bond acceptors (Lipinski definition) is 2. The van der Waals surface area contributed by atoms with Crippen molar-refractivity contribution in [2.75, 3.05) is 4.90 Å². The van der Waals surface area contributed by atoms with Gasteiger partial charge in [-0.3, -0.25) is 0 Å². The zero-order chi connectivity index (χ0) is 37.2. The Hall–Kier alpha value is -7.16. The van der Waals surface area contributed by atoms with Gasteiger partial charge in [-0.25, -0.2) is 0 Å². The summed E-state index contributed by atoms with van der Waals surface area (Å²) < 4.78 is 6.55. The lowest BCUT2D eigenvalue weighted by Crippen LogP contribution is -2.28. The van der Waals surface area contributed by atoms with Crippen molar-refractivity contribution in [3.05, 3.63) is 234 Å². The van der Waals surface area contributed by atoms with E-state index < -0.39 is 5.41 Å². The van der Waals surface area contributed by atoms with Gasteiger partial charge in [-0.15, -0.1) is 0 Å². The van der Waals surface area contributed by atoms with E-state index in [9.17, 15) is 0 Å². The van der Waals surface area contributed by atoms with Crippen LogP contribution in [-0.4, -0.2) is 0 Å². The van der Waals surface area contributed by atoms with E-state index in [1.54, 1.807) is 0 Å². The van der Waals surface area contributed by atoms with Gasteiger partial charge in [0.25, 0.3) is 0 Å². The molecule has 9 aromatic carbocycles. The Balaban J connectivity index is 1.28. The highest BCUT2D eigenvalue weighted by molar-refractivity contribution is 6.14. The fourth-order valence-corrected chi connectivity index (χ4v) is 9.46. The predicted molar refractivity (Wildman–Crippen MR) is 233 cm³/mol. The molecule has 0 radical (unpaired) electrons. The van der Waals surface area contributed by atoms with Crippen LogP contribution in [0.2, 0.25) is 0 Å². The molecular formula is C54H37NO. The van der Waals surface area contributed by atoms with Crippen molar-refractivity contribution in [1.82, 2.24) is 0 Å². The third-order valence-electron chi connectivity index (χ3n) is 11.8. The van der Waals surface area contributed by atoms with E-state index in [1.807, 2.05) is 6.07 Å². The molecule has 0 aliphatic heterocycles. The Morgan fingerprint density at radius 1 is 0.446 bits per heavy atom. The maximum atomic E-state index is 6.55. The SMILES string of the molecule is Cc1cccc2c1-c1ccc(N(c3cc4ccccc4cc3-c3ccccc3)c3cccc4oc5ccccc5c34)cc1C2(c1ccccc1)c1ccccc1. The number of benzene rings is 9. The lowest BCUT2D eigenvalue weighted by molar-refractivity contribution is 0.669. The van der Waals surface area contributed by atoms with Crippen LogP contribution in [-0.2, 0) is 5.41 Å². The average Bonchev–Trinajstić information content (AvgIpc) is 3.79. The number of furan rings is 1. The number of rotatable bonds is 6. The van der Waals surface area contributed by atoms with E-state index in [4.69, 9.17) is 4.42 Å². The molecule has 0 atom stereocenters. The zero-order valence-electron chi connectivity index (χ0n) is 31.0. The summed E-state index contributed by atoms with van der Waals surface area (Å²) in [5.41, 5.74) is 15.7. The van der Waals surface area contributed by atoms with E-state index in [-0.39, 0.29) is 0 Å². The van der Waals surface area contributed by atoms with E-state index in [0.717, 1.165) is 50.1 Å². The molecule has 2 nitrogen and oxygen atoms in total. The highest BCUT2D eigenvalue weighted by Crippen LogP contribution is 2.58. The number of fused-ring (bicyclic) bond motifs is 7. The molecule has 1 aromatic heterocycles. The van der Waals surface area contributed by atoms with Gasteiger partial charge < -0.3 is 9.32 Å². The van der Waals surface area contributed by atoms with Gasteiger partial charge >= 0.3 is 0 Å². The minimum atomic E-state index is -0.541. The van der Waals surface area contributed by atoms with Crippen molar-refractivity contribution in [1.29, 1.82) is 0 Å². The lowest BCUT2D eigenvalue weighted by Gasteiger charge is -2.35. The monoisotopic (exact) mass is 715 g/mol. The maximum Gasteiger partial charge on any atom is 0.137 e. The Kier molecular flexibility index (Phi) is 7.33. The fraction of sp³-hybridized carbons (Fsp3) is 0.0370. The summed E-state index contributed by atoms with van der Waals surface area (Å²) in [5.74, 6) is 0. The van der Waals surface area contributed by atoms with Gasteiger partial charge in [-0.2, -0.15) is 0 Å². The van der Waals surface area contributed by atoms with E-state index >= 15 is 0 Å². The van der Waals surface area contributed by atoms with Crippen LogP contribution in [0.5, 0.6) is 0 Å². The second kappa shape index (κ2) is 12.7. The van der Waals surface area contributed by atoms with Crippen LogP contribution in [0.1, 0.15) is 27.8 Å². The summed E-state index contributed by atoms with van der Waals surface area (Å²) >= 11 is 0. The molecule has 0 spiro atoms. The maximum absolute atomic E-state index is 6.55. The first kappa shape index (κ1) is 32.3. The number of para-hydroxylation sites is 1. The van der Waals surface area contributed by atoms with Crippen molar-refractivity contribution in [3.8, 4) is 22.3 Å². The molecule has 0 saturated heterocycles. The third kappa shape index (κ3) is 4.76. The third-order valence-corrected chi connectivity index (χ3v) is 11.8. The quantitative estimate of drug-likeness (QED) is 0.170. The topological polar surface area (TPSA) is 16.4 Å². The molecule has 1 aliphatic rings. The van der Waals surface area contributed by atoms with Crippen LogP contribution in [0, 0.1) is 6.92 Å². The Bertz CT molecular complexity index is 3050. The van der Waals surface area contributed by atoms with Gasteiger partial charge in [-0.05, 0) is 105 Å². The van der Waals surface area contributed by atoms with Crippen LogP contribution in [0.15, 0.2) is 211 Å². The molecule has 1 aliphatic carbocycles. The standard InChI is InChI=1S/C54H37NO/c1-36-17-15-27-46-52(36)43-32-31-42(35-47(43)54(46,40-22-7-3-8-23-40)41-24-9-4-10-25-41)55(48-28-16-30-51-53(48)44-26-13-14-29-50(44)56-51)49-34-39-21-12-11-20-38(39)33-45(49)37-18-5-2-6-19-37/h2-35H,1H3. The van der Waals surface area contributed by atoms with Crippen molar-refractivity contribution < 1.29 is 4.42 Å². The Morgan fingerprint density at radius 3 is 1.82 bits per heavy atom. The second-order valence-electron chi connectivity index (χ2n) is 14.9. The summed E-state index contributed by atoms with van der Waals surface area (Å²) in [6.07, 6.45) is 0. The summed E-state index contributed by atoms with van der Waals surface area (Å²) in [6.45, 7) is 2.25. The number of nitrogens with zero attached hydrogens (tertiary/aromatic N) is 1. The molecule has 11 rings (SSSR count). The van der Waals surface area contributed by atoms with Gasteiger partial charge in [0.05, 0.1) is 22.2 Å². The van der Waals surface area contributed by atoms with Gasteiger partial charge in [0, 0.05) is 16.6 Å². The Labute approximate surface area is 326 Å². The van der Waals surface area contributed by atoms with Gasteiger partial charge in [0.2, 0.25) is 0 Å². The van der Waals surface area contributed by atoms with Gasteiger partial charge in [0.1, 0.15) is 11.2 Å². The first-order valence-corrected chi connectivity index (χ1v) is 19.3. The fourth-order valence-electron chi connectivity index (χ4n) is 9.46. The average molecular weight is 716 g/mol. The van der Waals surface area contributed by atoms with Crippen LogP contribution in [0.3, 0.4) is 0 Å². The van der Waals surface area contributed by atoms with Crippen LogP contribution in [0.4, 0.5) is 17.1 Å². The number of anilines is 3. The molecule has 0 N–H and O–H groups in total. The molecule has 264 valence electrons. The Morgan fingerprint density at radius 2 is 1.07 bits per heavy atom. The molecular weight excluding hydrogens is 679 g/mol. The first-order chi connectivity index (χ1) is 27.7. The van der Waals surface area contributed by atoms with Gasteiger partial charge in [0.15, 0.2) is 0 Å². The minimum absolute atomic E-state index is 0.541. The number of aryl methyl sites for hydroxylation is 1.